The van der Waals surface area contributed by atoms with Gasteiger partial charge in [-0.1, -0.05) is 18.2 Å². The van der Waals surface area contributed by atoms with E-state index in [0.717, 1.165) is 17.9 Å². The second-order valence-corrected chi connectivity index (χ2v) is 4.75. The molecule has 0 aliphatic rings. The van der Waals surface area contributed by atoms with Gasteiger partial charge < -0.3 is 5.73 Å². The molecule has 0 spiro atoms. The predicted molar refractivity (Wildman–Crippen MR) is 74.5 cm³/mol. The van der Waals surface area contributed by atoms with Crippen molar-refractivity contribution in [1.29, 1.82) is 0 Å². The van der Waals surface area contributed by atoms with Gasteiger partial charge in [0.05, 0.1) is 5.69 Å². The molecule has 0 aliphatic carbocycles. The minimum Gasteiger partial charge on any atom is -0.330 e. The summed E-state index contributed by atoms with van der Waals surface area (Å²) in [7, 11) is 0. The third kappa shape index (κ3) is 3.01. The SMILES string of the molecule is CCn1nc(C)cc1CC(CN)c1ccccc1F. The molecule has 1 aromatic heterocycles. The molecule has 0 aliphatic heterocycles. The summed E-state index contributed by atoms with van der Waals surface area (Å²) in [6, 6.07) is 8.90. The molecule has 2 rings (SSSR count). The van der Waals surface area contributed by atoms with E-state index in [4.69, 9.17) is 5.73 Å². The van der Waals surface area contributed by atoms with Crippen molar-refractivity contribution in [3.63, 3.8) is 0 Å². The van der Waals surface area contributed by atoms with Crippen molar-refractivity contribution in [3.05, 3.63) is 53.1 Å². The quantitative estimate of drug-likeness (QED) is 0.899. The van der Waals surface area contributed by atoms with Crippen LogP contribution in [0.1, 0.15) is 29.8 Å². The Hall–Kier alpha value is -1.68. The van der Waals surface area contributed by atoms with Crippen LogP contribution < -0.4 is 5.73 Å². The van der Waals surface area contributed by atoms with Gasteiger partial charge in [-0.05, 0) is 44.5 Å². The minimum absolute atomic E-state index is 0.0115. The van der Waals surface area contributed by atoms with Crippen molar-refractivity contribution < 1.29 is 4.39 Å². The molecule has 0 fully saturated rings. The van der Waals surface area contributed by atoms with Gasteiger partial charge in [0.15, 0.2) is 0 Å². The van der Waals surface area contributed by atoms with E-state index < -0.39 is 0 Å². The molecule has 0 bridgehead atoms. The maximum absolute atomic E-state index is 13.8. The lowest BCUT2D eigenvalue weighted by atomic mass is 9.93. The number of hydrogen-bond donors (Lipinski definition) is 1. The summed E-state index contributed by atoms with van der Waals surface area (Å²) in [6.07, 6.45) is 0.714. The molecule has 3 nitrogen and oxygen atoms in total. The maximum atomic E-state index is 13.8. The van der Waals surface area contributed by atoms with Gasteiger partial charge in [0.1, 0.15) is 5.82 Å². The monoisotopic (exact) mass is 261 g/mol. The standard InChI is InChI=1S/C15H20FN3/c1-3-19-13(8-11(2)18-19)9-12(10-17)14-6-4-5-7-15(14)16/h4-8,12H,3,9-10,17H2,1-2H3. The third-order valence-electron chi connectivity index (χ3n) is 3.37. The molecule has 2 N–H and O–H groups in total. The van der Waals surface area contributed by atoms with Gasteiger partial charge >= 0.3 is 0 Å². The van der Waals surface area contributed by atoms with E-state index in [-0.39, 0.29) is 11.7 Å². The molecule has 1 aromatic carbocycles. The Morgan fingerprint density at radius 3 is 2.74 bits per heavy atom. The van der Waals surface area contributed by atoms with Gasteiger partial charge in [-0.15, -0.1) is 0 Å². The largest absolute Gasteiger partial charge is 0.330 e. The van der Waals surface area contributed by atoms with Crippen molar-refractivity contribution in [3.8, 4) is 0 Å². The summed E-state index contributed by atoms with van der Waals surface area (Å²) >= 11 is 0. The molecule has 102 valence electrons. The van der Waals surface area contributed by atoms with E-state index in [1.54, 1.807) is 6.07 Å². The first-order chi connectivity index (χ1) is 9.15. The number of halogens is 1. The molecule has 19 heavy (non-hydrogen) atoms. The number of hydrogen-bond acceptors (Lipinski definition) is 2. The van der Waals surface area contributed by atoms with Gasteiger partial charge in [-0.25, -0.2) is 4.39 Å². The molecule has 0 saturated heterocycles. The second kappa shape index (κ2) is 5.97. The molecule has 1 heterocycles. The fourth-order valence-corrected chi connectivity index (χ4v) is 2.42. The van der Waals surface area contributed by atoms with Crippen LogP contribution in [0.15, 0.2) is 30.3 Å². The molecule has 0 saturated carbocycles. The molecule has 4 heteroatoms. The van der Waals surface area contributed by atoms with Crippen LogP contribution in [0.3, 0.4) is 0 Å². The highest BCUT2D eigenvalue weighted by atomic mass is 19.1. The zero-order chi connectivity index (χ0) is 13.8. The average Bonchev–Trinajstić information content (AvgIpc) is 2.77. The van der Waals surface area contributed by atoms with Crippen LogP contribution in [0, 0.1) is 12.7 Å². The summed E-state index contributed by atoms with van der Waals surface area (Å²) in [6.45, 7) is 5.26. The van der Waals surface area contributed by atoms with Crippen molar-refractivity contribution in [1.82, 2.24) is 9.78 Å². The summed E-state index contributed by atoms with van der Waals surface area (Å²) in [5, 5.41) is 4.41. The normalized spacial score (nSPS) is 12.6. The Bertz CT molecular complexity index is 548. The first-order valence-corrected chi connectivity index (χ1v) is 6.63. The molecule has 1 atom stereocenters. The number of nitrogens with two attached hydrogens (primary N) is 1. The van der Waals surface area contributed by atoms with Gasteiger partial charge in [0, 0.05) is 18.2 Å². The van der Waals surface area contributed by atoms with E-state index >= 15 is 0 Å². The summed E-state index contributed by atoms with van der Waals surface area (Å²) in [5.74, 6) is -0.195. The van der Waals surface area contributed by atoms with E-state index in [1.165, 1.54) is 6.07 Å². The first-order valence-electron chi connectivity index (χ1n) is 6.63. The van der Waals surface area contributed by atoms with Gasteiger partial charge in [0.2, 0.25) is 0 Å². The number of benzene rings is 1. The lowest BCUT2D eigenvalue weighted by Crippen LogP contribution is -2.18. The molecule has 2 aromatic rings. The number of rotatable bonds is 5. The summed E-state index contributed by atoms with van der Waals surface area (Å²) < 4.78 is 15.8. The zero-order valence-corrected chi connectivity index (χ0v) is 11.4. The number of aromatic nitrogens is 2. The van der Waals surface area contributed by atoms with Gasteiger partial charge in [-0.3, -0.25) is 4.68 Å². The van der Waals surface area contributed by atoms with Gasteiger partial charge in [-0.2, -0.15) is 5.10 Å². The molecular formula is C15H20FN3. The topological polar surface area (TPSA) is 43.8 Å². The third-order valence-corrected chi connectivity index (χ3v) is 3.37. The maximum Gasteiger partial charge on any atom is 0.126 e. The van der Waals surface area contributed by atoms with Crippen LogP contribution in [0.25, 0.3) is 0 Å². The highest BCUT2D eigenvalue weighted by molar-refractivity contribution is 5.24. The minimum atomic E-state index is -0.183. The van der Waals surface area contributed by atoms with Crippen molar-refractivity contribution in [2.45, 2.75) is 32.7 Å². The van der Waals surface area contributed by atoms with Crippen molar-refractivity contribution in [2.75, 3.05) is 6.54 Å². The first kappa shape index (κ1) is 13.7. The fraction of sp³-hybridized carbons (Fsp3) is 0.400. The second-order valence-electron chi connectivity index (χ2n) is 4.75. The number of nitrogens with zero attached hydrogens (tertiary/aromatic N) is 2. The zero-order valence-electron chi connectivity index (χ0n) is 11.4. The Balaban J connectivity index is 2.26. The Kier molecular flexibility index (Phi) is 4.32. The lowest BCUT2D eigenvalue weighted by molar-refractivity contribution is 0.551. The van der Waals surface area contributed by atoms with Crippen molar-refractivity contribution in [2.24, 2.45) is 5.73 Å². The summed E-state index contributed by atoms with van der Waals surface area (Å²) in [4.78, 5) is 0. The molecule has 1 unspecified atom stereocenters. The van der Waals surface area contributed by atoms with E-state index in [2.05, 4.69) is 12.0 Å². The molecular weight excluding hydrogens is 241 g/mol. The average molecular weight is 261 g/mol. The fourth-order valence-electron chi connectivity index (χ4n) is 2.42. The number of aryl methyl sites for hydroxylation is 2. The van der Waals surface area contributed by atoms with Crippen LogP contribution in [0.4, 0.5) is 4.39 Å². The van der Waals surface area contributed by atoms with Crippen LogP contribution in [0.5, 0.6) is 0 Å². The Labute approximate surface area is 113 Å². The van der Waals surface area contributed by atoms with Gasteiger partial charge in [0.25, 0.3) is 0 Å². The van der Waals surface area contributed by atoms with E-state index in [9.17, 15) is 4.39 Å². The van der Waals surface area contributed by atoms with Crippen LogP contribution in [-0.4, -0.2) is 16.3 Å². The Morgan fingerprint density at radius 2 is 2.11 bits per heavy atom. The van der Waals surface area contributed by atoms with E-state index in [1.807, 2.05) is 29.8 Å². The van der Waals surface area contributed by atoms with E-state index in [0.29, 0.717) is 18.5 Å². The summed E-state index contributed by atoms with van der Waals surface area (Å²) in [5.41, 5.74) is 8.61. The van der Waals surface area contributed by atoms with Crippen LogP contribution in [0.2, 0.25) is 0 Å². The smallest absolute Gasteiger partial charge is 0.126 e. The highest BCUT2D eigenvalue weighted by Crippen LogP contribution is 2.23. The predicted octanol–water partition coefficient (Wildman–Crippen LogP) is 2.64. The Morgan fingerprint density at radius 1 is 1.37 bits per heavy atom. The molecule has 0 amide bonds. The molecule has 0 radical (unpaired) electrons. The van der Waals surface area contributed by atoms with Crippen LogP contribution in [-0.2, 0) is 13.0 Å². The van der Waals surface area contributed by atoms with Crippen molar-refractivity contribution >= 4 is 0 Å². The lowest BCUT2D eigenvalue weighted by Gasteiger charge is -2.16. The van der Waals surface area contributed by atoms with Crippen LogP contribution >= 0.6 is 0 Å². The highest BCUT2D eigenvalue weighted by Gasteiger charge is 2.17.